The van der Waals surface area contributed by atoms with E-state index in [2.05, 4.69) is 39.4 Å². The van der Waals surface area contributed by atoms with E-state index in [0.29, 0.717) is 6.61 Å². The zero-order valence-corrected chi connectivity index (χ0v) is 15.5. The Labute approximate surface area is 157 Å². The van der Waals surface area contributed by atoms with Gasteiger partial charge >= 0.3 is 0 Å². The summed E-state index contributed by atoms with van der Waals surface area (Å²) >= 11 is 1.82. The normalized spacial score (nSPS) is 20.5. The van der Waals surface area contributed by atoms with E-state index in [1.165, 1.54) is 15.8 Å². The molecule has 0 radical (unpaired) electrons. The van der Waals surface area contributed by atoms with Gasteiger partial charge in [0.15, 0.2) is 11.5 Å². The van der Waals surface area contributed by atoms with Crippen LogP contribution in [0.1, 0.15) is 0 Å². The molecule has 0 saturated carbocycles. The molecular formula is C21H22N2O2S. The molecule has 3 aromatic rings. The lowest BCUT2D eigenvalue weighted by atomic mass is 10.1. The Hall–Kier alpha value is -2.24. The van der Waals surface area contributed by atoms with Gasteiger partial charge in [-0.3, -0.25) is 4.90 Å². The summed E-state index contributed by atoms with van der Waals surface area (Å²) in [5, 5.41) is 3.56. The van der Waals surface area contributed by atoms with Crippen LogP contribution in [0.3, 0.4) is 0 Å². The van der Waals surface area contributed by atoms with Crippen LogP contribution in [0.4, 0.5) is 5.69 Å². The lowest BCUT2D eigenvalue weighted by Gasteiger charge is -2.38. The van der Waals surface area contributed by atoms with Gasteiger partial charge in [-0.1, -0.05) is 18.2 Å². The van der Waals surface area contributed by atoms with E-state index in [9.17, 15) is 0 Å². The molecule has 2 aromatic carbocycles. The molecule has 4 nitrogen and oxygen atoms in total. The number of hydrogen-bond donors (Lipinski definition) is 0. The molecule has 1 saturated heterocycles. The van der Waals surface area contributed by atoms with Gasteiger partial charge in [0.05, 0.1) is 0 Å². The Morgan fingerprint density at radius 3 is 2.65 bits per heavy atom. The molecule has 3 heterocycles. The van der Waals surface area contributed by atoms with Crippen molar-refractivity contribution in [1.29, 1.82) is 0 Å². The first-order chi connectivity index (χ1) is 12.9. The molecule has 1 aromatic heterocycles. The van der Waals surface area contributed by atoms with Gasteiger partial charge in [0, 0.05) is 48.5 Å². The molecule has 1 atom stereocenters. The molecular weight excluding hydrogens is 344 g/mol. The molecule has 1 unspecified atom stereocenters. The number of nitrogens with zero attached hydrogens (tertiary/aromatic N) is 2. The second-order valence-corrected chi connectivity index (χ2v) is 7.84. The number of rotatable bonds is 3. The fraction of sp³-hybridized carbons (Fsp3) is 0.333. The average Bonchev–Trinajstić information content (AvgIpc) is 3.17. The van der Waals surface area contributed by atoms with Crippen LogP contribution >= 0.6 is 11.3 Å². The fourth-order valence-corrected chi connectivity index (χ4v) is 4.67. The van der Waals surface area contributed by atoms with E-state index in [1.807, 2.05) is 35.6 Å². The van der Waals surface area contributed by atoms with E-state index in [4.69, 9.17) is 9.47 Å². The number of thiophene rings is 1. The summed E-state index contributed by atoms with van der Waals surface area (Å²) in [6.07, 6.45) is 0.108. The van der Waals surface area contributed by atoms with Crippen molar-refractivity contribution in [3.63, 3.8) is 0 Å². The van der Waals surface area contributed by atoms with E-state index in [-0.39, 0.29) is 6.10 Å². The summed E-state index contributed by atoms with van der Waals surface area (Å²) in [5.41, 5.74) is 1.37. The van der Waals surface area contributed by atoms with Crippen LogP contribution in [0, 0.1) is 0 Å². The van der Waals surface area contributed by atoms with Crippen LogP contribution < -0.4 is 14.4 Å². The quantitative estimate of drug-likeness (QED) is 0.703. The van der Waals surface area contributed by atoms with Gasteiger partial charge in [0.2, 0.25) is 0 Å². The van der Waals surface area contributed by atoms with E-state index >= 15 is 0 Å². The smallest absolute Gasteiger partial charge is 0.161 e. The third kappa shape index (κ3) is 3.02. The predicted octanol–water partition coefficient (Wildman–Crippen LogP) is 3.86. The number of benzene rings is 2. The molecule has 1 fully saturated rings. The molecule has 0 spiro atoms. The van der Waals surface area contributed by atoms with Crippen molar-refractivity contribution in [3.05, 3.63) is 53.9 Å². The van der Waals surface area contributed by atoms with Crippen LogP contribution in [-0.2, 0) is 0 Å². The third-order valence-corrected chi connectivity index (χ3v) is 6.10. The first kappa shape index (κ1) is 16.0. The molecule has 0 bridgehead atoms. The summed E-state index contributed by atoms with van der Waals surface area (Å²) in [6.45, 7) is 5.78. The second kappa shape index (κ2) is 6.82. The Bertz CT molecular complexity index is 902. The monoisotopic (exact) mass is 366 g/mol. The van der Waals surface area contributed by atoms with Crippen molar-refractivity contribution in [3.8, 4) is 11.5 Å². The first-order valence-corrected chi connectivity index (χ1v) is 10.1. The van der Waals surface area contributed by atoms with Crippen molar-refractivity contribution in [1.82, 2.24) is 4.90 Å². The van der Waals surface area contributed by atoms with Gasteiger partial charge in [-0.2, -0.15) is 0 Å². The Balaban J connectivity index is 1.21. The van der Waals surface area contributed by atoms with Crippen LogP contribution in [-0.4, -0.2) is 50.3 Å². The lowest BCUT2D eigenvalue weighted by molar-refractivity contribution is 0.0571. The molecule has 26 heavy (non-hydrogen) atoms. The van der Waals surface area contributed by atoms with Gasteiger partial charge < -0.3 is 14.4 Å². The molecule has 0 N–H and O–H groups in total. The maximum absolute atomic E-state index is 6.11. The summed E-state index contributed by atoms with van der Waals surface area (Å²) in [6, 6.07) is 16.8. The zero-order valence-electron chi connectivity index (χ0n) is 14.6. The summed E-state index contributed by atoms with van der Waals surface area (Å²) in [4.78, 5) is 5.01. The number of hydrogen-bond acceptors (Lipinski definition) is 5. The molecule has 0 aliphatic carbocycles. The number of piperazine rings is 1. The van der Waals surface area contributed by atoms with E-state index < -0.39 is 0 Å². The highest BCUT2D eigenvalue weighted by Gasteiger charge is 2.25. The summed E-state index contributed by atoms with van der Waals surface area (Å²) < 4.78 is 13.3. The molecule has 2 aliphatic heterocycles. The Kier molecular flexibility index (Phi) is 4.19. The first-order valence-electron chi connectivity index (χ1n) is 9.19. The standard InChI is InChI=1S/C21H22N2O2S/c1-2-6-20-19(5-1)24-15-16(25-20)14-22-9-11-23(12-10-22)18-4-3-7-21-17(18)8-13-26-21/h1-8,13,16H,9-12,14-15H2. The number of ether oxygens (including phenoxy) is 2. The third-order valence-electron chi connectivity index (χ3n) is 5.22. The highest BCUT2D eigenvalue weighted by molar-refractivity contribution is 7.17. The average molecular weight is 366 g/mol. The van der Waals surface area contributed by atoms with Crippen molar-refractivity contribution < 1.29 is 9.47 Å². The fourth-order valence-electron chi connectivity index (χ4n) is 3.87. The van der Waals surface area contributed by atoms with Gasteiger partial charge in [-0.15, -0.1) is 11.3 Å². The van der Waals surface area contributed by atoms with Crippen LogP contribution in [0.5, 0.6) is 11.5 Å². The van der Waals surface area contributed by atoms with Gasteiger partial charge in [-0.05, 0) is 35.7 Å². The van der Waals surface area contributed by atoms with Crippen LogP contribution in [0.15, 0.2) is 53.9 Å². The molecule has 2 aliphatic rings. The minimum Gasteiger partial charge on any atom is -0.486 e. The van der Waals surface area contributed by atoms with E-state index in [0.717, 1.165) is 44.2 Å². The predicted molar refractivity (Wildman–Crippen MR) is 107 cm³/mol. The minimum absolute atomic E-state index is 0.108. The van der Waals surface area contributed by atoms with Crippen molar-refractivity contribution >= 4 is 27.1 Å². The van der Waals surface area contributed by atoms with Gasteiger partial charge in [0.25, 0.3) is 0 Å². The van der Waals surface area contributed by atoms with Crippen molar-refractivity contribution in [2.24, 2.45) is 0 Å². The van der Waals surface area contributed by atoms with Gasteiger partial charge in [0.1, 0.15) is 12.7 Å². The van der Waals surface area contributed by atoms with Crippen LogP contribution in [0.25, 0.3) is 10.1 Å². The Morgan fingerprint density at radius 2 is 1.77 bits per heavy atom. The maximum Gasteiger partial charge on any atom is 0.161 e. The molecule has 5 heteroatoms. The van der Waals surface area contributed by atoms with Crippen molar-refractivity contribution in [2.75, 3.05) is 44.2 Å². The molecule has 134 valence electrons. The summed E-state index contributed by atoms with van der Waals surface area (Å²) in [5.74, 6) is 1.73. The highest BCUT2D eigenvalue weighted by Crippen LogP contribution is 2.32. The number of para-hydroxylation sites is 2. The summed E-state index contributed by atoms with van der Waals surface area (Å²) in [7, 11) is 0. The number of fused-ring (bicyclic) bond motifs is 2. The zero-order chi connectivity index (χ0) is 17.3. The Morgan fingerprint density at radius 1 is 0.923 bits per heavy atom. The molecule has 5 rings (SSSR count). The minimum atomic E-state index is 0.108. The highest BCUT2D eigenvalue weighted by atomic mass is 32.1. The molecule has 0 amide bonds. The largest absolute Gasteiger partial charge is 0.486 e. The lowest BCUT2D eigenvalue weighted by Crippen LogP contribution is -2.50. The van der Waals surface area contributed by atoms with Crippen molar-refractivity contribution in [2.45, 2.75) is 6.10 Å². The van der Waals surface area contributed by atoms with Gasteiger partial charge in [-0.25, -0.2) is 0 Å². The topological polar surface area (TPSA) is 24.9 Å². The van der Waals surface area contributed by atoms with E-state index in [1.54, 1.807) is 0 Å². The number of anilines is 1. The maximum atomic E-state index is 6.11. The second-order valence-electron chi connectivity index (χ2n) is 6.89. The van der Waals surface area contributed by atoms with Crippen LogP contribution in [0.2, 0.25) is 0 Å². The SMILES string of the molecule is c1ccc2c(c1)OCC(CN1CCN(c3cccc4sccc34)CC1)O2.